The van der Waals surface area contributed by atoms with Crippen LogP contribution in [-0.2, 0) is 6.42 Å². The lowest BCUT2D eigenvalue weighted by Crippen LogP contribution is -2.00. The van der Waals surface area contributed by atoms with Crippen molar-refractivity contribution in [2.45, 2.75) is 13.8 Å². The van der Waals surface area contributed by atoms with Crippen molar-refractivity contribution in [3.05, 3.63) is 181 Å². The maximum atomic E-state index is 5.09. The lowest BCUT2D eigenvalue weighted by atomic mass is 9.91. The van der Waals surface area contributed by atoms with Crippen LogP contribution in [0.3, 0.4) is 0 Å². The van der Waals surface area contributed by atoms with Crippen LogP contribution in [0.25, 0.3) is 78.7 Å². The average Bonchev–Trinajstić information content (AvgIpc) is 3.58. The minimum atomic E-state index is 0. The lowest BCUT2D eigenvalue weighted by Gasteiger charge is -2.14. The highest BCUT2D eigenvalue weighted by Gasteiger charge is 2.25. The summed E-state index contributed by atoms with van der Waals surface area (Å²) in [6.45, 7) is 0. The number of hydrogen-bond donors (Lipinski definition) is 0. The van der Waals surface area contributed by atoms with Crippen LogP contribution in [0.1, 0.15) is 18.6 Å². The highest BCUT2D eigenvalue weighted by molar-refractivity contribution is 5.91. The molecule has 8 aromatic rings. The molecule has 4 heteroatoms. The van der Waals surface area contributed by atoms with E-state index in [0.29, 0.717) is 17.5 Å². The Labute approximate surface area is 292 Å². The normalized spacial score (nSPS) is 11.4. The van der Waals surface area contributed by atoms with Gasteiger partial charge in [-0.15, -0.1) is 0 Å². The van der Waals surface area contributed by atoms with Gasteiger partial charge in [-0.2, -0.15) is 0 Å². The largest absolute Gasteiger partial charge is 0.264 e. The fourth-order valence-corrected chi connectivity index (χ4v) is 6.95. The van der Waals surface area contributed by atoms with Gasteiger partial charge in [-0.3, -0.25) is 4.98 Å². The van der Waals surface area contributed by atoms with E-state index in [9.17, 15) is 0 Å². The Hall–Kier alpha value is -6.52. The van der Waals surface area contributed by atoms with Gasteiger partial charge in [0.15, 0.2) is 17.5 Å². The molecular formula is C46H34N4. The summed E-state index contributed by atoms with van der Waals surface area (Å²) in [5.74, 6) is 1.94. The summed E-state index contributed by atoms with van der Waals surface area (Å²) >= 11 is 0. The maximum absolute atomic E-state index is 5.09. The number of nitrogens with zero attached hydrogens (tertiary/aromatic N) is 4. The molecule has 0 radical (unpaired) electrons. The van der Waals surface area contributed by atoms with Gasteiger partial charge in [0.2, 0.25) is 0 Å². The van der Waals surface area contributed by atoms with Gasteiger partial charge in [-0.1, -0.05) is 141 Å². The van der Waals surface area contributed by atoms with Crippen LogP contribution in [0, 0.1) is 0 Å². The minimum absolute atomic E-state index is 0. The summed E-state index contributed by atoms with van der Waals surface area (Å²) in [4.78, 5) is 19.5. The summed E-state index contributed by atoms with van der Waals surface area (Å²) in [7, 11) is 0. The average molecular weight is 643 g/mol. The first-order valence-electron chi connectivity index (χ1n) is 16.5. The molecule has 50 heavy (non-hydrogen) atoms. The van der Waals surface area contributed by atoms with E-state index in [1.807, 2.05) is 79.1 Å². The molecule has 2 heterocycles. The Morgan fingerprint density at radius 3 is 1.32 bits per heavy atom. The Bertz CT molecular complexity index is 2380. The third-order valence-electron chi connectivity index (χ3n) is 9.28. The second-order valence-electron chi connectivity index (χ2n) is 12.3. The number of fused-ring (bicyclic) bond motifs is 3. The maximum Gasteiger partial charge on any atom is 0.164 e. The first-order valence-corrected chi connectivity index (χ1v) is 16.5. The predicted molar refractivity (Wildman–Crippen MR) is 205 cm³/mol. The monoisotopic (exact) mass is 642 g/mol. The van der Waals surface area contributed by atoms with E-state index in [0.717, 1.165) is 45.4 Å². The zero-order chi connectivity index (χ0) is 32.6. The summed E-state index contributed by atoms with van der Waals surface area (Å²) in [5, 5.41) is 0. The molecular weight excluding hydrogens is 609 g/mol. The van der Waals surface area contributed by atoms with Gasteiger partial charge in [0, 0.05) is 34.6 Å². The molecule has 0 saturated heterocycles. The molecule has 0 aliphatic heterocycles. The van der Waals surface area contributed by atoms with Crippen LogP contribution < -0.4 is 0 Å². The van der Waals surface area contributed by atoms with Gasteiger partial charge in [-0.25, -0.2) is 15.0 Å². The van der Waals surface area contributed by atoms with Crippen molar-refractivity contribution in [3.63, 3.8) is 0 Å². The zero-order valence-corrected chi connectivity index (χ0v) is 26.7. The number of hydrogen-bond acceptors (Lipinski definition) is 4. The molecule has 0 spiro atoms. The molecule has 0 bridgehead atoms. The molecule has 6 aromatic carbocycles. The van der Waals surface area contributed by atoms with Gasteiger partial charge in [0.05, 0.1) is 0 Å². The molecule has 1 aliphatic carbocycles. The van der Waals surface area contributed by atoms with E-state index in [4.69, 9.17) is 15.0 Å². The van der Waals surface area contributed by atoms with E-state index in [1.54, 1.807) is 0 Å². The number of pyridine rings is 1. The van der Waals surface area contributed by atoms with Crippen molar-refractivity contribution in [1.82, 2.24) is 19.9 Å². The van der Waals surface area contributed by atoms with E-state index in [1.165, 1.54) is 33.4 Å². The van der Waals surface area contributed by atoms with Gasteiger partial charge < -0.3 is 0 Å². The van der Waals surface area contributed by atoms with Gasteiger partial charge in [-0.05, 0) is 80.8 Å². The first-order chi connectivity index (χ1) is 24.3. The fourth-order valence-electron chi connectivity index (χ4n) is 6.95. The topological polar surface area (TPSA) is 51.6 Å². The molecule has 0 unspecified atom stereocenters. The lowest BCUT2D eigenvalue weighted by molar-refractivity contribution is 1.07. The van der Waals surface area contributed by atoms with E-state index >= 15 is 0 Å². The molecule has 0 saturated carbocycles. The standard InChI is InChI=1S/C45H30N4.CH4/c1-4-13-30(14-5-1)34-25-35(38-21-11-23-40-39-22-10-20-37(41(39)28-42(38)40)33-19-12-24-46-29-33)27-36(26-34)45-48-43(31-15-6-2-7-16-31)47-44(49-45)32-17-8-3-9-18-32;/h1-27,29H,28H2;1H4. The number of aromatic nitrogens is 4. The Morgan fingerprint density at radius 1 is 0.340 bits per heavy atom. The smallest absolute Gasteiger partial charge is 0.164 e. The SMILES string of the molecule is C.c1ccc(-c2cc(-c3nc(-c4ccccc4)nc(-c4ccccc4)n3)cc(-c3cccc4c3Cc3c(-c5cccnc5)cccc3-4)c2)cc1. The number of benzene rings is 6. The Balaban J connectivity index is 0.00000361. The van der Waals surface area contributed by atoms with Crippen molar-refractivity contribution in [2.24, 2.45) is 0 Å². The van der Waals surface area contributed by atoms with Crippen LogP contribution in [0.2, 0.25) is 0 Å². The minimum Gasteiger partial charge on any atom is -0.264 e. The molecule has 4 nitrogen and oxygen atoms in total. The summed E-state index contributed by atoms with van der Waals surface area (Å²) in [5.41, 5.74) is 15.1. The third-order valence-corrected chi connectivity index (χ3v) is 9.28. The molecule has 2 aromatic heterocycles. The second kappa shape index (κ2) is 13.2. The van der Waals surface area contributed by atoms with Gasteiger partial charge >= 0.3 is 0 Å². The van der Waals surface area contributed by atoms with Crippen molar-refractivity contribution in [3.8, 4) is 78.7 Å². The second-order valence-corrected chi connectivity index (χ2v) is 12.3. The Morgan fingerprint density at radius 2 is 0.780 bits per heavy atom. The summed E-state index contributed by atoms with van der Waals surface area (Å²) in [6, 6.07) is 55.0. The third kappa shape index (κ3) is 5.67. The van der Waals surface area contributed by atoms with Crippen LogP contribution >= 0.6 is 0 Å². The van der Waals surface area contributed by atoms with Gasteiger partial charge in [0.1, 0.15) is 0 Å². The first kappa shape index (κ1) is 30.8. The van der Waals surface area contributed by atoms with E-state index in [2.05, 4.69) is 96.0 Å². The fraction of sp³-hybridized carbons (Fsp3) is 0.0435. The number of rotatable bonds is 6. The Kier molecular flexibility index (Phi) is 8.11. The molecule has 0 atom stereocenters. The predicted octanol–water partition coefficient (Wildman–Crippen LogP) is 11.5. The quantitative estimate of drug-likeness (QED) is 0.181. The van der Waals surface area contributed by atoms with Crippen molar-refractivity contribution in [2.75, 3.05) is 0 Å². The molecule has 0 amide bonds. The van der Waals surface area contributed by atoms with Crippen LogP contribution in [0.15, 0.2) is 170 Å². The molecule has 9 rings (SSSR count). The zero-order valence-electron chi connectivity index (χ0n) is 26.7. The summed E-state index contributed by atoms with van der Waals surface area (Å²) < 4.78 is 0. The van der Waals surface area contributed by atoms with Crippen molar-refractivity contribution >= 4 is 0 Å². The molecule has 238 valence electrons. The van der Waals surface area contributed by atoms with E-state index in [-0.39, 0.29) is 7.43 Å². The van der Waals surface area contributed by atoms with Crippen LogP contribution in [0.5, 0.6) is 0 Å². The molecule has 0 N–H and O–H groups in total. The van der Waals surface area contributed by atoms with Crippen molar-refractivity contribution < 1.29 is 0 Å². The van der Waals surface area contributed by atoms with Crippen LogP contribution in [0.4, 0.5) is 0 Å². The highest BCUT2D eigenvalue weighted by Crippen LogP contribution is 2.46. The highest BCUT2D eigenvalue weighted by atomic mass is 15.0. The summed E-state index contributed by atoms with van der Waals surface area (Å²) in [6.07, 6.45) is 4.63. The van der Waals surface area contributed by atoms with Crippen LogP contribution in [-0.4, -0.2) is 19.9 Å². The molecule has 0 fully saturated rings. The van der Waals surface area contributed by atoms with Crippen molar-refractivity contribution in [1.29, 1.82) is 0 Å². The molecule has 1 aliphatic rings. The van der Waals surface area contributed by atoms with Gasteiger partial charge in [0.25, 0.3) is 0 Å². The van der Waals surface area contributed by atoms with E-state index < -0.39 is 0 Å².